The lowest BCUT2D eigenvalue weighted by Crippen LogP contribution is -2.50. The molecule has 26 heavy (non-hydrogen) atoms. The fourth-order valence-corrected chi connectivity index (χ4v) is 4.56. The molecule has 140 valence electrons. The van der Waals surface area contributed by atoms with E-state index in [2.05, 4.69) is 71.3 Å². The van der Waals surface area contributed by atoms with Crippen LogP contribution in [-0.4, -0.2) is 59.5 Å². The van der Waals surface area contributed by atoms with Gasteiger partial charge in [0.1, 0.15) is 0 Å². The molecule has 1 saturated heterocycles. The first kappa shape index (κ1) is 19.4. The van der Waals surface area contributed by atoms with E-state index < -0.39 is 0 Å². The van der Waals surface area contributed by atoms with Crippen LogP contribution < -0.4 is 0 Å². The SMILES string of the molecule is CCC(O)C(c1ccccc1)N1CCN(CCSc2ccccc2)CC1. The Bertz CT molecular complexity index is 629. The van der Waals surface area contributed by atoms with Gasteiger partial charge in [0, 0.05) is 43.4 Å². The molecule has 0 amide bonds. The van der Waals surface area contributed by atoms with E-state index in [1.165, 1.54) is 10.5 Å². The molecule has 0 spiro atoms. The largest absolute Gasteiger partial charge is 0.391 e. The molecule has 3 nitrogen and oxygen atoms in total. The number of piperazine rings is 1. The van der Waals surface area contributed by atoms with Crippen molar-refractivity contribution >= 4 is 11.8 Å². The highest BCUT2D eigenvalue weighted by atomic mass is 32.2. The van der Waals surface area contributed by atoms with Crippen LogP contribution in [0.25, 0.3) is 0 Å². The summed E-state index contributed by atoms with van der Waals surface area (Å²) in [4.78, 5) is 6.36. The average Bonchev–Trinajstić information content (AvgIpc) is 2.71. The first-order valence-corrected chi connectivity index (χ1v) is 10.6. The number of nitrogens with zero attached hydrogens (tertiary/aromatic N) is 2. The van der Waals surface area contributed by atoms with Crippen LogP contribution in [0.1, 0.15) is 24.9 Å². The fraction of sp³-hybridized carbons (Fsp3) is 0.455. The molecule has 2 aromatic rings. The van der Waals surface area contributed by atoms with Crippen molar-refractivity contribution in [2.24, 2.45) is 0 Å². The first-order valence-electron chi connectivity index (χ1n) is 9.65. The zero-order valence-electron chi connectivity index (χ0n) is 15.6. The van der Waals surface area contributed by atoms with Gasteiger partial charge in [-0.25, -0.2) is 0 Å². The average molecular weight is 371 g/mol. The van der Waals surface area contributed by atoms with E-state index in [4.69, 9.17) is 0 Å². The minimum Gasteiger partial charge on any atom is -0.391 e. The third-order valence-electron chi connectivity index (χ3n) is 5.14. The smallest absolute Gasteiger partial charge is 0.0734 e. The lowest BCUT2D eigenvalue weighted by molar-refractivity contribution is 0.0172. The topological polar surface area (TPSA) is 26.7 Å². The van der Waals surface area contributed by atoms with Crippen LogP contribution >= 0.6 is 11.8 Å². The number of hydrogen-bond acceptors (Lipinski definition) is 4. The molecule has 1 fully saturated rings. The summed E-state index contributed by atoms with van der Waals surface area (Å²) in [5.74, 6) is 1.13. The van der Waals surface area contributed by atoms with Gasteiger partial charge in [0.05, 0.1) is 12.1 Å². The fourth-order valence-electron chi connectivity index (χ4n) is 3.62. The van der Waals surface area contributed by atoms with Crippen molar-refractivity contribution in [1.82, 2.24) is 9.80 Å². The monoisotopic (exact) mass is 370 g/mol. The first-order chi connectivity index (χ1) is 12.8. The van der Waals surface area contributed by atoms with Gasteiger partial charge in [-0.2, -0.15) is 0 Å². The van der Waals surface area contributed by atoms with Crippen molar-refractivity contribution in [3.8, 4) is 0 Å². The Hall–Kier alpha value is -1.33. The maximum atomic E-state index is 10.6. The highest BCUT2D eigenvalue weighted by Gasteiger charge is 2.29. The maximum Gasteiger partial charge on any atom is 0.0734 e. The zero-order valence-corrected chi connectivity index (χ0v) is 16.4. The predicted molar refractivity (Wildman–Crippen MR) is 111 cm³/mol. The minimum atomic E-state index is -0.308. The number of benzene rings is 2. The Balaban J connectivity index is 1.50. The summed E-state index contributed by atoms with van der Waals surface area (Å²) in [5, 5.41) is 10.6. The second kappa shape index (κ2) is 10.1. The summed E-state index contributed by atoms with van der Waals surface area (Å²) >= 11 is 1.93. The molecule has 0 saturated carbocycles. The van der Waals surface area contributed by atoms with E-state index in [9.17, 15) is 5.11 Å². The van der Waals surface area contributed by atoms with Gasteiger partial charge >= 0.3 is 0 Å². The molecular formula is C22H30N2OS. The number of aliphatic hydroxyl groups is 1. The van der Waals surface area contributed by atoms with E-state index in [1.54, 1.807) is 0 Å². The second-order valence-electron chi connectivity index (χ2n) is 6.87. The lowest BCUT2D eigenvalue weighted by Gasteiger charge is -2.41. The van der Waals surface area contributed by atoms with Crippen LogP contribution in [0.5, 0.6) is 0 Å². The molecule has 4 heteroatoms. The summed E-state index contributed by atoms with van der Waals surface area (Å²) in [5.41, 5.74) is 1.23. The molecule has 0 aromatic heterocycles. The molecule has 0 radical (unpaired) electrons. The Kier molecular flexibility index (Phi) is 7.56. The molecule has 1 aliphatic rings. The van der Waals surface area contributed by atoms with Crippen molar-refractivity contribution in [2.45, 2.75) is 30.4 Å². The van der Waals surface area contributed by atoms with E-state index in [0.717, 1.165) is 44.9 Å². The second-order valence-corrected chi connectivity index (χ2v) is 8.04. The van der Waals surface area contributed by atoms with Crippen LogP contribution in [0, 0.1) is 0 Å². The summed E-state index contributed by atoms with van der Waals surface area (Å²) in [6, 6.07) is 21.2. The third kappa shape index (κ3) is 5.34. The van der Waals surface area contributed by atoms with E-state index in [0.29, 0.717) is 0 Å². The van der Waals surface area contributed by atoms with Crippen molar-refractivity contribution in [3.63, 3.8) is 0 Å². The Labute approximate surface area is 162 Å². The third-order valence-corrected chi connectivity index (χ3v) is 6.14. The van der Waals surface area contributed by atoms with Crippen molar-refractivity contribution in [1.29, 1.82) is 0 Å². The number of hydrogen-bond donors (Lipinski definition) is 1. The molecular weight excluding hydrogens is 340 g/mol. The van der Waals surface area contributed by atoms with Gasteiger partial charge in [-0.05, 0) is 24.1 Å². The number of aliphatic hydroxyl groups excluding tert-OH is 1. The lowest BCUT2D eigenvalue weighted by atomic mass is 9.97. The van der Waals surface area contributed by atoms with Crippen LogP contribution in [0.15, 0.2) is 65.6 Å². The quantitative estimate of drug-likeness (QED) is 0.713. The molecule has 0 bridgehead atoms. The molecule has 2 unspecified atom stereocenters. The number of thioether (sulfide) groups is 1. The van der Waals surface area contributed by atoms with Gasteiger partial charge in [-0.15, -0.1) is 11.8 Å². The van der Waals surface area contributed by atoms with E-state index >= 15 is 0 Å². The van der Waals surface area contributed by atoms with Gasteiger partial charge in [0.15, 0.2) is 0 Å². The predicted octanol–water partition coefficient (Wildman–Crippen LogP) is 3.91. The van der Waals surface area contributed by atoms with Crippen LogP contribution in [0.4, 0.5) is 0 Å². The summed E-state index contributed by atoms with van der Waals surface area (Å²) in [6.07, 6.45) is 0.477. The molecule has 2 atom stereocenters. The highest BCUT2D eigenvalue weighted by Crippen LogP contribution is 2.27. The van der Waals surface area contributed by atoms with Crippen LogP contribution in [0.3, 0.4) is 0 Å². The van der Waals surface area contributed by atoms with Crippen LogP contribution in [-0.2, 0) is 0 Å². The van der Waals surface area contributed by atoms with Crippen molar-refractivity contribution in [3.05, 3.63) is 66.2 Å². The van der Waals surface area contributed by atoms with E-state index in [1.807, 2.05) is 17.8 Å². The standard InChI is InChI=1S/C22H30N2OS/c1-2-21(25)22(19-9-5-3-6-10-19)24-15-13-23(14-16-24)17-18-26-20-11-7-4-8-12-20/h3-12,21-22,25H,2,13-18H2,1H3. The molecule has 0 aliphatic carbocycles. The van der Waals surface area contributed by atoms with Gasteiger partial charge in [-0.1, -0.05) is 55.5 Å². The Morgan fingerprint density at radius 1 is 0.923 bits per heavy atom. The maximum absolute atomic E-state index is 10.6. The van der Waals surface area contributed by atoms with Crippen LogP contribution in [0.2, 0.25) is 0 Å². The Morgan fingerprint density at radius 3 is 2.15 bits per heavy atom. The number of rotatable bonds is 8. The summed E-state index contributed by atoms with van der Waals surface area (Å²) in [7, 11) is 0. The van der Waals surface area contributed by atoms with Gasteiger partial charge in [0.25, 0.3) is 0 Å². The molecule has 2 aromatic carbocycles. The molecule has 3 rings (SSSR count). The minimum absolute atomic E-state index is 0.113. The summed E-state index contributed by atoms with van der Waals surface area (Å²) in [6.45, 7) is 7.39. The van der Waals surface area contributed by atoms with Gasteiger partial charge in [0.2, 0.25) is 0 Å². The Morgan fingerprint density at radius 2 is 1.54 bits per heavy atom. The van der Waals surface area contributed by atoms with Crippen molar-refractivity contribution in [2.75, 3.05) is 38.5 Å². The highest BCUT2D eigenvalue weighted by molar-refractivity contribution is 7.99. The van der Waals surface area contributed by atoms with Gasteiger partial charge in [-0.3, -0.25) is 9.80 Å². The molecule has 1 heterocycles. The zero-order chi connectivity index (χ0) is 18.2. The van der Waals surface area contributed by atoms with Gasteiger partial charge < -0.3 is 5.11 Å². The van der Waals surface area contributed by atoms with E-state index in [-0.39, 0.29) is 12.1 Å². The normalized spacial score (nSPS) is 18.5. The molecule has 1 aliphatic heterocycles. The molecule has 1 N–H and O–H groups in total. The van der Waals surface area contributed by atoms with Crippen molar-refractivity contribution < 1.29 is 5.11 Å². The summed E-state index contributed by atoms with van der Waals surface area (Å²) < 4.78 is 0.